The summed E-state index contributed by atoms with van der Waals surface area (Å²) in [6, 6.07) is 0. The van der Waals surface area contributed by atoms with Crippen LogP contribution in [-0.4, -0.2) is 11.7 Å². The Kier molecular flexibility index (Phi) is 1.30. The van der Waals surface area contributed by atoms with Crippen LogP contribution in [0.1, 0.15) is 13.8 Å². The van der Waals surface area contributed by atoms with Gasteiger partial charge in [-0.15, -0.1) is 0 Å². The maximum atomic E-state index is 12.9. The fourth-order valence-corrected chi connectivity index (χ4v) is 1.54. The summed E-state index contributed by atoms with van der Waals surface area (Å²) in [6.07, 6.45) is 0. The van der Waals surface area contributed by atoms with Gasteiger partial charge in [0, 0.05) is 17.9 Å². The molecule has 0 aromatic rings. The molecule has 0 spiro atoms. The minimum atomic E-state index is -1.54. The highest BCUT2D eigenvalue weighted by atomic mass is 35.5. The third kappa shape index (κ3) is 0.635. The third-order valence-electron chi connectivity index (χ3n) is 2.60. The van der Waals surface area contributed by atoms with E-state index in [9.17, 15) is 4.39 Å². The molecule has 1 rings (SSSR count). The zero-order valence-electron chi connectivity index (χ0n) is 5.62. The van der Waals surface area contributed by atoms with E-state index in [1.807, 2.05) is 0 Å². The summed E-state index contributed by atoms with van der Waals surface area (Å²) in [5.74, 6) is -0.100. The van der Waals surface area contributed by atoms with E-state index in [0.29, 0.717) is 6.54 Å². The van der Waals surface area contributed by atoms with Crippen molar-refractivity contribution < 1.29 is 4.39 Å². The Bertz CT molecular complexity index is 137. The van der Waals surface area contributed by atoms with E-state index in [2.05, 4.69) is 0 Å². The minimum Gasteiger partial charge on any atom is -0.330 e. The number of hydrogen-bond donors (Lipinski definition) is 1. The fraction of sp³-hybridized carbons (Fsp3) is 1.00. The highest BCUT2D eigenvalue weighted by molar-refractivity contribution is 6.26. The van der Waals surface area contributed by atoms with Gasteiger partial charge in [0.2, 0.25) is 0 Å². The molecule has 0 amide bonds. The van der Waals surface area contributed by atoms with Crippen molar-refractivity contribution >= 4 is 11.6 Å². The zero-order valence-corrected chi connectivity index (χ0v) is 6.37. The van der Waals surface area contributed by atoms with Crippen molar-refractivity contribution in [3.8, 4) is 0 Å². The topological polar surface area (TPSA) is 26.0 Å². The van der Waals surface area contributed by atoms with Gasteiger partial charge in [0.15, 0.2) is 5.13 Å². The van der Waals surface area contributed by atoms with Crippen molar-refractivity contribution in [3.05, 3.63) is 0 Å². The summed E-state index contributed by atoms with van der Waals surface area (Å²) in [5, 5.41) is -1.54. The summed E-state index contributed by atoms with van der Waals surface area (Å²) < 4.78 is 12.9. The molecular weight excluding hydrogens is 141 g/mol. The van der Waals surface area contributed by atoms with E-state index < -0.39 is 10.5 Å². The molecule has 0 bridgehead atoms. The normalized spacial score (nSPS) is 57.7. The lowest BCUT2D eigenvalue weighted by atomic mass is 10.1. The Balaban J connectivity index is 2.70. The van der Waals surface area contributed by atoms with Gasteiger partial charge in [-0.1, -0.05) is 25.4 Å². The highest BCUT2D eigenvalue weighted by Gasteiger charge is 2.71. The molecule has 0 heterocycles. The van der Waals surface area contributed by atoms with Crippen LogP contribution in [0.15, 0.2) is 0 Å². The van der Waals surface area contributed by atoms with Gasteiger partial charge in [-0.2, -0.15) is 0 Å². The Morgan fingerprint density at radius 3 is 2.11 bits per heavy atom. The predicted molar refractivity (Wildman–Crippen MR) is 36.0 cm³/mol. The second-order valence-corrected chi connectivity index (χ2v) is 3.52. The molecule has 0 aromatic heterocycles. The molecule has 9 heavy (non-hydrogen) atoms. The van der Waals surface area contributed by atoms with Gasteiger partial charge >= 0.3 is 0 Å². The molecule has 3 unspecified atom stereocenters. The van der Waals surface area contributed by atoms with Crippen molar-refractivity contribution in [2.24, 2.45) is 17.1 Å². The maximum absolute atomic E-state index is 12.9. The number of halogens is 2. The van der Waals surface area contributed by atoms with Crippen molar-refractivity contribution in [1.29, 1.82) is 0 Å². The van der Waals surface area contributed by atoms with Crippen LogP contribution in [0.5, 0.6) is 0 Å². The number of alkyl halides is 2. The van der Waals surface area contributed by atoms with E-state index in [-0.39, 0.29) is 5.92 Å². The van der Waals surface area contributed by atoms with Gasteiger partial charge in [0.1, 0.15) is 0 Å². The summed E-state index contributed by atoms with van der Waals surface area (Å²) in [5.41, 5.74) is 4.83. The molecule has 0 aromatic carbocycles. The number of hydrogen-bond acceptors (Lipinski definition) is 1. The van der Waals surface area contributed by atoms with Crippen molar-refractivity contribution in [3.63, 3.8) is 0 Å². The first-order valence-electron chi connectivity index (χ1n) is 3.04. The van der Waals surface area contributed by atoms with Gasteiger partial charge in [0.25, 0.3) is 0 Å². The number of rotatable bonds is 1. The van der Waals surface area contributed by atoms with Gasteiger partial charge in [-0.3, -0.25) is 0 Å². The van der Waals surface area contributed by atoms with Crippen LogP contribution in [0.3, 0.4) is 0 Å². The predicted octanol–water partition coefficient (Wildman–Crippen LogP) is 1.51. The summed E-state index contributed by atoms with van der Waals surface area (Å²) >= 11 is 5.45. The highest BCUT2D eigenvalue weighted by Crippen LogP contribution is 2.66. The first-order chi connectivity index (χ1) is 3.97. The quantitative estimate of drug-likeness (QED) is 0.565. The molecule has 1 aliphatic carbocycles. The second-order valence-electron chi connectivity index (χ2n) is 2.97. The molecule has 2 N–H and O–H groups in total. The van der Waals surface area contributed by atoms with E-state index in [0.717, 1.165) is 0 Å². The molecule has 54 valence electrons. The van der Waals surface area contributed by atoms with E-state index in [1.165, 1.54) is 0 Å². The number of nitrogens with two attached hydrogens (primary N) is 1. The Labute approximate surface area is 59.4 Å². The van der Waals surface area contributed by atoms with Gasteiger partial charge in [-0.05, 0) is 0 Å². The first kappa shape index (κ1) is 7.29. The third-order valence-corrected chi connectivity index (χ3v) is 3.36. The first-order valence-corrected chi connectivity index (χ1v) is 3.42. The van der Waals surface area contributed by atoms with Crippen LogP contribution in [0.25, 0.3) is 0 Å². The molecule has 0 aliphatic heterocycles. The van der Waals surface area contributed by atoms with E-state index in [4.69, 9.17) is 17.3 Å². The second kappa shape index (κ2) is 1.61. The van der Waals surface area contributed by atoms with Crippen LogP contribution in [0.4, 0.5) is 4.39 Å². The molecule has 3 heteroatoms. The van der Waals surface area contributed by atoms with Crippen molar-refractivity contribution in [2.45, 2.75) is 19.0 Å². The van der Waals surface area contributed by atoms with Crippen molar-refractivity contribution in [2.75, 3.05) is 6.54 Å². The van der Waals surface area contributed by atoms with E-state index in [1.54, 1.807) is 13.8 Å². The molecule has 3 atom stereocenters. The van der Waals surface area contributed by atoms with Crippen LogP contribution in [0.2, 0.25) is 0 Å². The Morgan fingerprint density at radius 2 is 2.11 bits per heavy atom. The molecule has 0 radical (unpaired) electrons. The van der Waals surface area contributed by atoms with Crippen LogP contribution in [0, 0.1) is 11.3 Å². The SMILES string of the molecule is CC1C(F)(Cl)C1(C)CN. The van der Waals surface area contributed by atoms with Crippen LogP contribution in [-0.2, 0) is 0 Å². The zero-order chi connectivity index (χ0) is 7.28. The summed E-state index contributed by atoms with van der Waals surface area (Å²) in [7, 11) is 0. The molecule has 1 saturated carbocycles. The van der Waals surface area contributed by atoms with Gasteiger partial charge < -0.3 is 5.73 Å². The summed E-state index contributed by atoms with van der Waals surface area (Å²) in [4.78, 5) is 0. The monoisotopic (exact) mass is 151 g/mol. The average Bonchev–Trinajstić information content (AvgIpc) is 2.16. The fourth-order valence-electron chi connectivity index (χ4n) is 1.12. The van der Waals surface area contributed by atoms with E-state index >= 15 is 0 Å². The summed E-state index contributed by atoms with van der Waals surface area (Å²) in [6.45, 7) is 3.87. The minimum absolute atomic E-state index is 0.100. The standard InChI is InChI=1S/C6H11ClFN/c1-4-5(2,3-9)6(4,7)8/h4H,3,9H2,1-2H3. The van der Waals surface area contributed by atoms with Gasteiger partial charge in [-0.25, -0.2) is 4.39 Å². The molecule has 1 fully saturated rings. The Morgan fingerprint density at radius 1 is 1.78 bits per heavy atom. The lowest BCUT2D eigenvalue weighted by Gasteiger charge is -2.04. The largest absolute Gasteiger partial charge is 0.330 e. The van der Waals surface area contributed by atoms with Gasteiger partial charge in [0.05, 0.1) is 0 Å². The average molecular weight is 152 g/mol. The Hall–Kier alpha value is 0.180. The lowest BCUT2D eigenvalue weighted by molar-refractivity contribution is 0.338. The van der Waals surface area contributed by atoms with Crippen LogP contribution >= 0.6 is 11.6 Å². The van der Waals surface area contributed by atoms with Crippen molar-refractivity contribution in [1.82, 2.24) is 0 Å². The lowest BCUT2D eigenvalue weighted by Crippen LogP contribution is -2.18. The molecule has 1 aliphatic rings. The smallest absolute Gasteiger partial charge is 0.193 e. The van der Waals surface area contributed by atoms with Crippen LogP contribution < -0.4 is 5.73 Å². The molecule has 0 saturated heterocycles. The molecule has 1 nitrogen and oxygen atoms in total. The molecular formula is C6H11ClFN. The maximum Gasteiger partial charge on any atom is 0.193 e.